The molecular formula is C18H25N3O. The maximum atomic E-state index is 5.31. The Hall–Kier alpha value is -2.23. The van der Waals surface area contributed by atoms with E-state index in [4.69, 9.17) is 4.42 Å². The molecule has 4 heteroatoms. The van der Waals surface area contributed by atoms with Crippen LogP contribution in [-0.4, -0.2) is 18.5 Å². The summed E-state index contributed by atoms with van der Waals surface area (Å²) in [6.45, 7) is 5.64. The Morgan fingerprint density at radius 3 is 2.68 bits per heavy atom. The van der Waals surface area contributed by atoms with Crippen LogP contribution in [0.15, 0.2) is 58.1 Å². The van der Waals surface area contributed by atoms with Gasteiger partial charge in [-0.1, -0.05) is 30.3 Å². The van der Waals surface area contributed by atoms with Gasteiger partial charge in [-0.05, 0) is 44.4 Å². The number of furan rings is 1. The van der Waals surface area contributed by atoms with Crippen molar-refractivity contribution in [2.24, 2.45) is 4.99 Å². The molecule has 0 amide bonds. The van der Waals surface area contributed by atoms with Crippen LogP contribution in [0.5, 0.6) is 0 Å². The van der Waals surface area contributed by atoms with Crippen molar-refractivity contribution in [2.45, 2.75) is 39.3 Å². The molecule has 2 aromatic rings. The van der Waals surface area contributed by atoms with Crippen LogP contribution >= 0.6 is 0 Å². The topological polar surface area (TPSA) is 49.6 Å². The van der Waals surface area contributed by atoms with Crippen molar-refractivity contribution in [2.75, 3.05) is 6.54 Å². The zero-order valence-electron chi connectivity index (χ0n) is 13.4. The van der Waals surface area contributed by atoms with Crippen molar-refractivity contribution in [1.82, 2.24) is 10.6 Å². The predicted octanol–water partition coefficient (Wildman–Crippen LogP) is 3.36. The third-order valence-corrected chi connectivity index (χ3v) is 3.41. The molecule has 118 valence electrons. The first-order valence-electron chi connectivity index (χ1n) is 7.89. The van der Waals surface area contributed by atoms with E-state index in [1.165, 1.54) is 5.56 Å². The number of benzene rings is 1. The van der Waals surface area contributed by atoms with E-state index >= 15 is 0 Å². The molecule has 2 rings (SSSR count). The Bertz CT molecular complexity index is 549. The number of aliphatic imine (C=N–C) groups is 1. The van der Waals surface area contributed by atoms with Gasteiger partial charge in [-0.15, -0.1) is 0 Å². The molecule has 0 saturated heterocycles. The largest absolute Gasteiger partial charge is 0.467 e. The van der Waals surface area contributed by atoms with Gasteiger partial charge in [0.2, 0.25) is 0 Å². The van der Waals surface area contributed by atoms with Crippen LogP contribution < -0.4 is 10.6 Å². The summed E-state index contributed by atoms with van der Waals surface area (Å²) in [6, 6.07) is 14.7. The summed E-state index contributed by atoms with van der Waals surface area (Å²) in [5.74, 6) is 1.70. The monoisotopic (exact) mass is 299 g/mol. The molecule has 1 atom stereocenters. The molecule has 4 nitrogen and oxygen atoms in total. The third-order valence-electron chi connectivity index (χ3n) is 3.41. The standard InChI is InChI=1S/C18H25N3O/c1-3-19-18(20-14-17-10-7-13-22-17)21-15(2)11-12-16-8-5-4-6-9-16/h4-10,13,15H,3,11-12,14H2,1-2H3,(H2,19,20,21). The molecule has 0 saturated carbocycles. The van der Waals surface area contributed by atoms with Crippen molar-refractivity contribution in [3.63, 3.8) is 0 Å². The van der Waals surface area contributed by atoms with Gasteiger partial charge < -0.3 is 15.1 Å². The summed E-state index contributed by atoms with van der Waals surface area (Å²) < 4.78 is 5.31. The Kier molecular flexibility index (Phi) is 6.55. The molecule has 22 heavy (non-hydrogen) atoms. The fourth-order valence-electron chi connectivity index (χ4n) is 2.21. The minimum Gasteiger partial charge on any atom is -0.467 e. The van der Waals surface area contributed by atoms with E-state index in [2.05, 4.69) is 59.8 Å². The lowest BCUT2D eigenvalue weighted by Crippen LogP contribution is -2.42. The molecule has 2 N–H and O–H groups in total. The molecular weight excluding hydrogens is 274 g/mol. The first-order valence-corrected chi connectivity index (χ1v) is 7.89. The first kappa shape index (κ1) is 16.1. The third kappa shape index (κ3) is 5.64. The predicted molar refractivity (Wildman–Crippen MR) is 90.9 cm³/mol. The normalized spacial score (nSPS) is 12.9. The van der Waals surface area contributed by atoms with Gasteiger partial charge in [0, 0.05) is 12.6 Å². The van der Waals surface area contributed by atoms with Crippen molar-refractivity contribution >= 4 is 5.96 Å². The number of nitrogens with one attached hydrogen (secondary N) is 2. The molecule has 1 heterocycles. The van der Waals surface area contributed by atoms with Crippen LogP contribution in [-0.2, 0) is 13.0 Å². The smallest absolute Gasteiger partial charge is 0.191 e. The van der Waals surface area contributed by atoms with Crippen molar-refractivity contribution < 1.29 is 4.42 Å². The summed E-state index contributed by atoms with van der Waals surface area (Å²) >= 11 is 0. The van der Waals surface area contributed by atoms with E-state index in [9.17, 15) is 0 Å². The van der Waals surface area contributed by atoms with E-state index < -0.39 is 0 Å². The zero-order chi connectivity index (χ0) is 15.6. The van der Waals surface area contributed by atoms with E-state index in [0.717, 1.165) is 31.1 Å². The average molecular weight is 299 g/mol. The van der Waals surface area contributed by atoms with Crippen LogP contribution in [0.4, 0.5) is 0 Å². The van der Waals surface area contributed by atoms with Gasteiger partial charge in [0.1, 0.15) is 12.3 Å². The summed E-state index contributed by atoms with van der Waals surface area (Å²) in [7, 11) is 0. The highest BCUT2D eigenvalue weighted by atomic mass is 16.3. The molecule has 0 spiro atoms. The Morgan fingerprint density at radius 1 is 1.18 bits per heavy atom. The number of aryl methyl sites for hydroxylation is 1. The van der Waals surface area contributed by atoms with Crippen molar-refractivity contribution in [1.29, 1.82) is 0 Å². The molecule has 1 aromatic heterocycles. The van der Waals surface area contributed by atoms with Crippen LogP contribution in [0.2, 0.25) is 0 Å². The molecule has 0 aliphatic heterocycles. The van der Waals surface area contributed by atoms with Gasteiger partial charge in [-0.25, -0.2) is 4.99 Å². The van der Waals surface area contributed by atoms with E-state index in [-0.39, 0.29) is 0 Å². The lowest BCUT2D eigenvalue weighted by Gasteiger charge is -2.17. The Balaban J connectivity index is 1.82. The Morgan fingerprint density at radius 2 is 2.00 bits per heavy atom. The lowest BCUT2D eigenvalue weighted by molar-refractivity contribution is 0.510. The Labute approximate surface area is 132 Å². The summed E-state index contributed by atoms with van der Waals surface area (Å²) in [6.07, 6.45) is 3.80. The quantitative estimate of drug-likeness (QED) is 0.609. The summed E-state index contributed by atoms with van der Waals surface area (Å²) in [4.78, 5) is 4.55. The maximum absolute atomic E-state index is 5.31. The maximum Gasteiger partial charge on any atom is 0.191 e. The van der Waals surface area contributed by atoms with Crippen molar-refractivity contribution in [3.05, 3.63) is 60.1 Å². The molecule has 1 unspecified atom stereocenters. The fraction of sp³-hybridized carbons (Fsp3) is 0.389. The highest BCUT2D eigenvalue weighted by Crippen LogP contribution is 2.05. The second-order valence-electron chi connectivity index (χ2n) is 5.34. The van der Waals surface area contributed by atoms with Crippen LogP contribution in [0, 0.1) is 0 Å². The first-order chi connectivity index (χ1) is 10.8. The summed E-state index contributed by atoms with van der Waals surface area (Å²) in [5.41, 5.74) is 1.37. The van der Waals surface area contributed by atoms with E-state index in [0.29, 0.717) is 12.6 Å². The van der Waals surface area contributed by atoms with Gasteiger partial charge in [-0.2, -0.15) is 0 Å². The lowest BCUT2D eigenvalue weighted by atomic mass is 10.1. The van der Waals surface area contributed by atoms with Gasteiger partial charge in [0.05, 0.1) is 6.26 Å². The second-order valence-corrected chi connectivity index (χ2v) is 5.34. The van der Waals surface area contributed by atoms with Gasteiger partial charge >= 0.3 is 0 Å². The number of hydrogen-bond donors (Lipinski definition) is 2. The molecule has 0 bridgehead atoms. The van der Waals surface area contributed by atoms with Crippen molar-refractivity contribution in [3.8, 4) is 0 Å². The van der Waals surface area contributed by atoms with Gasteiger partial charge in [-0.3, -0.25) is 0 Å². The number of rotatable bonds is 7. The number of guanidine groups is 1. The minimum absolute atomic E-state index is 0.356. The molecule has 1 aromatic carbocycles. The minimum atomic E-state index is 0.356. The molecule has 0 aliphatic carbocycles. The molecule has 0 aliphatic rings. The zero-order valence-corrected chi connectivity index (χ0v) is 13.4. The number of nitrogens with zero attached hydrogens (tertiary/aromatic N) is 1. The van der Waals surface area contributed by atoms with Gasteiger partial charge in [0.15, 0.2) is 5.96 Å². The van der Waals surface area contributed by atoms with Gasteiger partial charge in [0.25, 0.3) is 0 Å². The van der Waals surface area contributed by atoms with Crippen LogP contribution in [0.25, 0.3) is 0 Å². The summed E-state index contributed by atoms with van der Waals surface area (Å²) in [5, 5.41) is 6.72. The average Bonchev–Trinajstić information content (AvgIpc) is 3.05. The van der Waals surface area contributed by atoms with E-state index in [1.807, 2.05) is 12.1 Å². The SMILES string of the molecule is CCNC(=NCc1ccco1)NC(C)CCc1ccccc1. The molecule has 0 fully saturated rings. The highest BCUT2D eigenvalue weighted by molar-refractivity contribution is 5.79. The highest BCUT2D eigenvalue weighted by Gasteiger charge is 2.06. The second kappa shape index (κ2) is 8.93. The van der Waals surface area contributed by atoms with Crippen LogP contribution in [0.3, 0.4) is 0 Å². The van der Waals surface area contributed by atoms with E-state index in [1.54, 1.807) is 6.26 Å². The fourth-order valence-corrected chi connectivity index (χ4v) is 2.21. The van der Waals surface area contributed by atoms with Crippen LogP contribution in [0.1, 0.15) is 31.6 Å². The number of hydrogen-bond acceptors (Lipinski definition) is 2. The molecule has 0 radical (unpaired) electrons.